The second-order valence-electron chi connectivity index (χ2n) is 4.58. The van der Waals surface area contributed by atoms with Crippen LogP contribution in [0.25, 0.3) is 0 Å². The zero-order valence-electron chi connectivity index (χ0n) is 11.8. The third kappa shape index (κ3) is 3.65. The SMILES string of the molecule is COc1cc(Cl)c(C)cc1NC(=O)c1cc(C)nc(Cl)c1. The van der Waals surface area contributed by atoms with Crippen LogP contribution < -0.4 is 10.1 Å². The van der Waals surface area contributed by atoms with Crippen molar-refractivity contribution in [1.82, 2.24) is 4.98 Å². The molecule has 0 saturated carbocycles. The Morgan fingerprint density at radius 1 is 1.19 bits per heavy atom. The summed E-state index contributed by atoms with van der Waals surface area (Å²) in [5.41, 5.74) is 2.50. The summed E-state index contributed by atoms with van der Waals surface area (Å²) in [6.07, 6.45) is 0. The fourth-order valence-electron chi connectivity index (χ4n) is 1.88. The number of hydrogen-bond donors (Lipinski definition) is 1. The van der Waals surface area contributed by atoms with E-state index in [2.05, 4.69) is 10.3 Å². The van der Waals surface area contributed by atoms with Gasteiger partial charge in [0.05, 0.1) is 12.8 Å². The molecule has 4 nitrogen and oxygen atoms in total. The maximum atomic E-state index is 12.3. The Bertz CT molecular complexity index is 682. The number of nitrogens with zero attached hydrogens (tertiary/aromatic N) is 1. The summed E-state index contributed by atoms with van der Waals surface area (Å²) in [6.45, 7) is 3.63. The zero-order valence-corrected chi connectivity index (χ0v) is 13.3. The van der Waals surface area contributed by atoms with Gasteiger partial charge in [-0.3, -0.25) is 4.79 Å². The number of nitrogens with one attached hydrogen (secondary N) is 1. The monoisotopic (exact) mass is 324 g/mol. The molecule has 1 amide bonds. The first kappa shape index (κ1) is 15.6. The number of carbonyl (C=O) groups excluding carboxylic acids is 1. The summed E-state index contributed by atoms with van der Waals surface area (Å²) < 4.78 is 5.23. The fraction of sp³-hybridized carbons (Fsp3) is 0.200. The molecule has 2 aromatic rings. The highest BCUT2D eigenvalue weighted by Crippen LogP contribution is 2.31. The van der Waals surface area contributed by atoms with Crippen molar-refractivity contribution in [2.45, 2.75) is 13.8 Å². The molecule has 0 atom stereocenters. The van der Waals surface area contributed by atoms with Crippen molar-refractivity contribution in [3.63, 3.8) is 0 Å². The van der Waals surface area contributed by atoms with Crippen molar-refractivity contribution in [2.24, 2.45) is 0 Å². The summed E-state index contributed by atoms with van der Waals surface area (Å²) in [6, 6.07) is 6.60. The maximum absolute atomic E-state index is 12.3. The van der Waals surface area contributed by atoms with Crippen LogP contribution in [0, 0.1) is 13.8 Å². The normalized spacial score (nSPS) is 10.3. The van der Waals surface area contributed by atoms with Gasteiger partial charge < -0.3 is 10.1 Å². The Kier molecular flexibility index (Phi) is 4.70. The third-order valence-electron chi connectivity index (χ3n) is 2.91. The van der Waals surface area contributed by atoms with Gasteiger partial charge in [-0.1, -0.05) is 23.2 Å². The molecular weight excluding hydrogens is 311 g/mol. The van der Waals surface area contributed by atoms with Crippen molar-refractivity contribution in [3.8, 4) is 5.75 Å². The lowest BCUT2D eigenvalue weighted by molar-refractivity contribution is 0.102. The van der Waals surface area contributed by atoms with Gasteiger partial charge in [0.2, 0.25) is 0 Å². The number of rotatable bonds is 3. The van der Waals surface area contributed by atoms with E-state index in [4.69, 9.17) is 27.9 Å². The number of ether oxygens (including phenoxy) is 1. The number of pyridine rings is 1. The van der Waals surface area contributed by atoms with Crippen molar-refractivity contribution in [2.75, 3.05) is 12.4 Å². The molecule has 0 bridgehead atoms. The van der Waals surface area contributed by atoms with E-state index in [-0.39, 0.29) is 11.1 Å². The molecule has 110 valence electrons. The highest BCUT2D eigenvalue weighted by Gasteiger charge is 2.13. The number of methoxy groups -OCH3 is 1. The highest BCUT2D eigenvalue weighted by molar-refractivity contribution is 6.31. The summed E-state index contributed by atoms with van der Waals surface area (Å²) in [5.74, 6) is 0.207. The second kappa shape index (κ2) is 6.33. The van der Waals surface area contributed by atoms with E-state index in [0.29, 0.717) is 27.7 Å². The number of amides is 1. The van der Waals surface area contributed by atoms with E-state index in [1.165, 1.54) is 13.2 Å². The van der Waals surface area contributed by atoms with Crippen LogP contribution in [0.2, 0.25) is 10.2 Å². The van der Waals surface area contributed by atoms with E-state index in [0.717, 1.165) is 5.56 Å². The number of carbonyl (C=O) groups is 1. The van der Waals surface area contributed by atoms with Gasteiger partial charge in [0.1, 0.15) is 10.9 Å². The Balaban J connectivity index is 2.33. The molecule has 0 saturated heterocycles. The average molecular weight is 325 g/mol. The van der Waals surface area contributed by atoms with Gasteiger partial charge in [0.25, 0.3) is 5.91 Å². The summed E-state index contributed by atoms with van der Waals surface area (Å²) in [7, 11) is 1.52. The van der Waals surface area contributed by atoms with Crippen LogP contribution in [0.4, 0.5) is 5.69 Å². The Hall–Kier alpha value is -1.78. The van der Waals surface area contributed by atoms with Gasteiger partial charge in [0, 0.05) is 22.3 Å². The second-order valence-corrected chi connectivity index (χ2v) is 5.37. The highest BCUT2D eigenvalue weighted by atomic mass is 35.5. The third-order valence-corrected chi connectivity index (χ3v) is 3.51. The predicted octanol–water partition coefficient (Wildman–Crippen LogP) is 4.27. The molecule has 21 heavy (non-hydrogen) atoms. The number of anilines is 1. The van der Waals surface area contributed by atoms with E-state index in [1.54, 1.807) is 25.1 Å². The van der Waals surface area contributed by atoms with Gasteiger partial charge >= 0.3 is 0 Å². The molecular formula is C15H14Cl2N2O2. The molecule has 0 spiro atoms. The van der Waals surface area contributed by atoms with Crippen LogP contribution in [-0.2, 0) is 0 Å². The lowest BCUT2D eigenvalue weighted by Crippen LogP contribution is -2.13. The van der Waals surface area contributed by atoms with Crippen molar-refractivity contribution in [3.05, 3.63) is 51.3 Å². The van der Waals surface area contributed by atoms with Gasteiger partial charge in [-0.2, -0.15) is 0 Å². The van der Waals surface area contributed by atoms with Crippen molar-refractivity contribution >= 4 is 34.8 Å². The lowest BCUT2D eigenvalue weighted by Gasteiger charge is -2.12. The minimum atomic E-state index is -0.289. The maximum Gasteiger partial charge on any atom is 0.255 e. The molecule has 0 aliphatic rings. The van der Waals surface area contributed by atoms with Crippen LogP contribution in [-0.4, -0.2) is 18.0 Å². The molecule has 0 aliphatic heterocycles. The zero-order chi connectivity index (χ0) is 15.6. The lowest BCUT2D eigenvalue weighted by atomic mass is 10.1. The first-order valence-electron chi connectivity index (χ1n) is 6.20. The number of aryl methyl sites for hydroxylation is 2. The molecule has 1 aromatic heterocycles. The first-order valence-corrected chi connectivity index (χ1v) is 6.96. The molecule has 6 heteroatoms. The number of hydrogen-bond acceptors (Lipinski definition) is 3. The van der Waals surface area contributed by atoms with Gasteiger partial charge in [-0.15, -0.1) is 0 Å². The molecule has 2 rings (SSSR count). The van der Waals surface area contributed by atoms with Crippen LogP contribution in [0.5, 0.6) is 5.75 Å². The van der Waals surface area contributed by atoms with Gasteiger partial charge in [0.15, 0.2) is 0 Å². The Morgan fingerprint density at radius 2 is 1.90 bits per heavy atom. The van der Waals surface area contributed by atoms with Crippen molar-refractivity contribution < 1.29 is 9.53 Å². The first-order chi connectivity index (χ1) is 9.90. The minimum Gasteiger partial charge on any atom is -0.495 e. The fourth-order valence-corrected chi connectivity index (χ4v) is 2.29. The average Bonchev–Trinajstić information content (AvgIpc) is 2.41. The minimum absolute atomic E-state index is 0.277. The van der Waals surface area contributed by atoms with Crippen LogP contribution in [0.15, 0.2) is 24.3 Å². The van der Waals surface area contributed by atoms with Gasteiger partial charge in [-0.05, 0) is 37.6 Å². The van der Waals surface area contributed by atoms with Crippen LogP contribution in [0.1, 0.15) is 21.6 Å². The number of halogens is 2. The molecule has 1 N–H and O–H groups in total. The Morgan fingerprint density at radius 3 is 2.52 bits per heavy atom. The molecule has 0 unspecified atom stereocenters. The summed E-state index contributed by atoms with van der Waals surface area (Å²) in [5, 5.41) is 3.64. The van der Waals surface area contributed by atoms with E-state index >= 15 is 0 Å². The van der Waals surface area contributed by atoms with Gasteiger partial charge in [-0.25, -0.2) is 4.98 Å². The van der Waals surface area contributed by atoms with Crippen LogP contribution >= 0.6 is 23.2 Å². The molecule has 0 fully saturated rings. The van der Waals surface area contributed by atoms with Crippen molar-refractivity contribution in [1.29, 1.82) is 0 Å². The largest absolute Gasteiger partial charge is 0.495 e. The number of benzene rings is 1. The van der Waals surface area contributed by atoms with E-state index in [1.807, 2.05) is 6.92 Å². The Labute approximate surface area is 133 Å². The molecule has 0 aliphatic carbocycles. The van der Waals surface area contributed by atoms with E-state index < -0.39 is 0 Å². The number of aromatic nitrogens is 1. The molecule has 1 heterocycles. The predicted molar refractivity (Wildman–Crippen MR) is 84.7 cm³/mol. The quantitative estimate of drug-likeness (QED) is 0.858. The standard InChI is InChI=1S/C15H14Cl2N2O2/c1-8-4-12(13(21-3)7-11(8)16)19-15(20)10-5-9(2)18-14(17)6-10/h4-7H,1-3H3,(H,19,20). The molecule has 1 aromatic carbocycles. The molecule has 0 radical (unpaired) electrons. The summed E-state index contributed by atoms with van der Waals surface area (Å²) in [4.78, 5) is 16.3. The summed E-state index contributed by atoms with van der Waals surface area (Å²) >= 11 is 11.9. The smallest absolute Gasteiger partial charge is 0.255 e. The van der Waals surface area contributed by atoms with E-state index in [9.17, 15) is 4.79 Å². The van der Waals surface area contributed by atoms with Crippen LogP contribution in [0.3, 0.4) is 0 Å². The topological polar surface area (TPSA) is 51.2 Å².